The molecule has 0 unspecified atom stereocenters. The Hall–Kier alpha value is -3.25. The maximum atomic E-state index is 13.7. The second kappa shape index (κ2) is 8.36. The van der Waals surface area contributed by atoms with Crippen LogP contribution in [0, 0.1) is 0 Å². The lowest BCUT2D eigenvalue weighted by molar-refractivity contribution is 0.0740. The number of benzene rings is 2. The smallest absolute Gasteiger partial charge is 0.258 e. The van der Waals surface area contributed by atoms with Gasteiger partial charge in [-0.3, -0.25) is 14.6 Å². The molecule has 5 rings (SSSR count). The quantitative estimate of drug-likeness (QED) is 0.449. The number of aromatic amines is 1. The molecule has 2 heterocycles. The molecule has 0 radical (unpaired) electrons. The largest absolute Gasteiger partial charge is 0.331 e. The zero-order valence-electron chi connectivity index (χ0n) is 17.8. The van der Waals surface area contributed by atoms with E-state index in [0.717, 1.165) is 35.9 Å². The first-order chi connectivity index (χ1) is 15.5. The highest BCUT2D eigenvalue weighted by molar-refractivity contribution is 6.31. The minimum Gasteiger partial charge on any atom is -0.331 e. The van der Waals surface area contributed by atoms with Crippen LogP contribution in [0.2, 0.25) is 5.02 Å². The van der Waals surface area contributed by atoms with Gasteiger partial charge in [-0.1, -0.05) is 36.7 Å². The van der Waals surface area contributed by atoms with E-state index in [1.807, 2.05) is 37.3 Å². The van der Waals surface area contributed by atoms with Crippen molar-refractivity contribution in [2.75, 3.05) is 6.54 Å². The van der Waals surface area contributed by atoms with Crippen LogP contribution >= 0.6 is 11.6 Å². The van der Waals surface area contributed by atoms with E-state index in [9.17, 15) is 9.59 Å². The van der Waals surface area contributed by atoms with Gasteiger partial charge in [0.05, 0.1) is 28.5 Å². The van der Waals surface area contributed by atoms with E-state index >= 15 is 0 Å². The number of pyridine rings is 1. The Morgan fingerprint density at radius 2 is 1.91 bits per heavy atom. The first kappa shape index (κ1) is 20.6. The van der Waals surface area contributed by atoms with Gasteiger partial charge in [-0.05, 0) is 49.6 Å². The van der Waals surface area contributed by atoms with Crippen molar-refractivity contribution >= 4 is 39.3 Å². The lowest BCUT2D eigenvalue weighted by Gasteiger charge is -2.23. The summed E-state index contributed by atoms with van der Waals surface area (Å²) in [7, 11) is 0. The lowest BCUT2D eigenvalue weighted by atomic mass is 10.0. The highest BCUT2D eigenvalue weighted by Crippen LogP contribution is 2.40. The monoisotopic (exact) mass is 446 g/mol. The summed E-state index contributed by atoms with van der Waals surface area (Å²) in [6, 6.07) is 14.7. The van der Waals surface area contributed by atoms with Crippen LogP contribution in [0.25, 0.3) is 21.8 Å². The van der Waals surface area contributed by atoms with E-state index in [-0.39, 0.29) is 18.0 Å². The van der Waals surface area contributed by atoms with Gasteiger partial charge in [-0.15, -0.1) is 0 Å². The number of H-pyrrole nitrogens is 1. The molecule has 7 heteroatoms. The van der Waals surface area contributed by atoms with E-state index in [4.69, 9.17) is 16.6 Å². The van der Waals surface area contributed by atoms with Crippen molar-refractivity contribution in [1.29, 1.82) is 0 Å². The lowest BCUT2D eigenvalue weighted by Crippen LogP contribution is -2.33. The Kier molecular flexibility index (Phi) is 5.39. The Balaban J connectivity index is 1.54. The van der Waals surface area contributed by atoms with Crippen LogP contribution in [0.15, 0.2) is 53.3 Å². The van der Waals surface area contributed by atoms with Gasteiger partial charge in [0.25, 0.3) is 11.5 Å². The highest BCUT2D eigenvalue weighted by Gasteiger charge is 2.28. The van der Waals surface area contributed by atoms with Gasteiger partial charge in [0.15, 0.2) is 0 Å². The average molecular weight is 447 g/mol. The van der Waals surface area contributed by atoms with E-state index in [2.05, 4.69) is 9.97 Å². The average Bonchev–Trinajstić information content (AvgIpc) is 3.63. The van der Waals surface area contributed by atoms with Crippen molar-refractivity contribution in [1.82, 2.24) is 19.9 Å². The summed E-state index contributed by atoms with van der Waals surface area (Å²) >= 11 is 6.09. The summed E-state index contributed by atoms with van der Waals surface area (Å²) in [4.78, 5) is 40.2. The van der Waals surface area contributed by atoms with Crippen LogP contribution in [0.5, 0.6) is 0 Å². The van der Waals surface area contributed by atoms with Gasteiger partial charge >= 0.3 is 0 Å². The Morgan fingerprint density at radius 1 is 1.09 bits per heavy atom. The summed E-state index contributed by atoms with van der Waals surface area (Å²) in [6.07, 6.45) is 3.01. The van der Waals surface area contributed by atoms with Gasteiger partial charge in [-0.25, -0.2) is 4.98 Å². The van der Waals surface area contributed by atoms with Crippen LogP contribution in [0.4, 0.5) is 0 Å². The van der Waals surface area contributed by atoms with Gasteiger partial charge in [0, 0.05) is 28.6 Å². The van der Waals surface area contributed by atoms with Crippen molar-refractivity contribution in [2.45, 2.75) is 38.6 Å². The van der Waals surface area contributed by atoms with Gasteiger partial charge in [-0.2, -0.15) is 0 Å². The molecule has 0 aliphatic heterocycles. The van der Waals surface area contributed by atoms with Crippen LogP contribution in [-0.4, -0.2) is 32.3 Å². The fourth-order valence-electron chi connectivity index (χ4n) is 4.07. The molecule has 162 valence electrons. The molecule has 2 aromatic heterocycles. The van der Waals surface area contributed by atoms with Crippen LogP contribution in [0.1, 0.15) is 54.0 Å². The summed E-state index contributed by atoms with van der Waals surface area (Å²) in [5, 5.41) is 1.83. The standard InChI is InChI=1S/C25H23ClN4O2/c1-2-11-30(14-23-28-22-12-16(26)9-10-18(22)24(31)29-23)25(32)19-13-21(15-7-8-15)27-20-6-4-3-5-17(19)20/h3-6,9-10,12-13,15H,2,7-8,11,14H2,1H3,(H,28,29,31). The van der Waals surface area contributed by atoms with Crippen molar-refractivity contribution in [3.63, 3.8) is 0 Å². The molecule has 1 N–H and O–H groups in total. The fourth-order valence-corrected chi connectivity index (χ4v) is 4.24. The number of carbonyl (C=O) groups excluding carboxylic acids is 1. The number of amides is 1. The molecule has 1 amide bonds. The van der Waals surface area contributed by atoms with Crippen molar-refractivity contribution < 1.29 is 4.79 Å². The van der Waals surface area contributed by atoms with Gasteiger partial charge in [0.1, 0.15) is 5.82 Å². The molecule has 1 aliphatic rings. The van der Waals surface area contributed by atoms with Crippen LogP contribution in [-0.2, 0) is 6.54 Å². The number of aromatic nitrogens is 3. The van der Waals surface area contributed by atoms with Gasteiger partial charge < -0.3 is 9.88 Å². The third-order valence-corrected chi connectivity index (χ3v) is 6.04. The van der Waals surface area contributed by atoms with Crippen molar-refractivity contribution in [2.24, 2.45) is 0 Å². The highest BCUT2D eigenvalue weighted by atomic mass is 35.5. The number of rotatable bonds is 6. The second-order valence-corrected chi connectivity index (χ2v) is 8.72. The molecule has 4 aromatic rings. The van der Waals surface area contributed by atoms with E-state index in [1.54, 1.807) is 23.1 Å². The van der Waals surface area contributed by atoms with Crippen molar-refractivity contribution in [3.8, 4) is 0 Å². The first-order valence-electron chi connectivity index (χ1n) is 10.9. The summed E-state index contributed by atoms with van der Waals surface area (Å²) in [6.45, 7) is 2.78. The molecule has 6 nitrogen and oxygen atoms in total. The summed E-state index contributed by atoms with van der Waals surface area (Å²) < 4.78 is 0. The number of halogens is 1. The zero-order chi connectivity index (χ0) is 22.2. The topological polar surface area (TPSA) is 79.0 Å². The number of carbonyl (C=O) groups is 1. The molecule has 2 aromatic carbocycles. The molecule has 0 bridgehead atoms. The number of para-hydroxylation sites is 1. The van der Waals surface area contributed by atoms with Crippen LogP contribution in [0.3, 0.4) is 0 Å². The number of nitrogens with zero attached hydrogens (tertiary/aromatic N) is 3. The number of hydrogen-bond donors (Lipinski definition) is 1. The van der Waals surface area contributed by atoms with E-state index in [1.165, 1.54) is 0 Å². The van der Waals surface area contributed by atoms with E-state index in [0.29, 0.717) is 39.8 Å². The molecular weight excluding hydrogens is 424 g/mol. The van der Waals surface area contributed by atoms with E-state index < -0.39 is 0 Å². The minimum atomic E-state index is -0.240. The maximum Gasteiger partial charge on any atom is 0.258 e. The molecule has 0 spiro atoms. The van der Waals surface area contributed by atoms with Crippen LogP contribution < -0.4 is 5.56 Å². The number of nitrogens with one attached hydrogen (secondary N) is 1. The molecule has 1 saturated carbocycles. The normalized spacial score (nSPS) is 13.6. The maximum absolute atomic E-state index is 13.7. The molecular formula is C25H23ClN4O2. The zero-order valence-corrected chi connectivity index (χ0v) is 18.5. The van der Waals surface area contributed by atoms with Crippen molar-refractivity contribution in [3.05, 3.63) is 81.0 Å². The SMILES string of the molecule is CCCN(Cc1nc2cc(Cl)ccc2c(=O)[nH]1)C(=O)c1cc(C2CC2)nc2ccccc12. The minimum absolute atomic E-state index is 0.0822. The molecule has 0 saturated heterocycles. The number of hydrogen-bond acceptors (Lipinski definition) is 4. The molecule has 32 heavy (non-hydrogen) atoms. The predicted octanol–water partition coefficient (Wildman–Crippen LogP) is 5.05. The Labute approximate surface area is 190 Å². The fraction of sp³-hybridized carbons (Fsp3) is 0.280. The molecule has 0 atom stereocenters. The summed E-state index contributed by atoms with van der Waals surface area (Å²) in [5.41, 5.74) is 2.75. The third-order valence-electron chi connectivity index (χ3n) is 5.80. The number of fused-ring (bicyclic) bond motifs is 2. The van der Waals surface area contributed by atoms with Gasteiger partial charge in [0.2, 0.25) is 0 Å². The first-order valence-corrected chi connectivity index (χ1v) is 11.3. The Morgan fingerprint density at radius 3 is 2.69 bits per heavy atom. The summed E-state index contributed by atoms with van der Waals surface area (Å²) in [5.74, 6) is 0.794. The Bertz CT molecular complexity index is 1390. The molecule has 1 fully saturated rings. The second-order valence-electron chi connectivity index (χ2n) is 8.29. The third kappa shape index (κ3) is 3.98. The molecule has 1 aliphatic carbocycles. The predicted molar refractivity (Wildman–Crippen MR) is 126 cm³/mol.